The molecule has 3 aromatic rings. The van der Waals surface area contributed by atoms with E-state index in [1.807, 2.05) is 30.3 Å². The minimum absolute atomic E-state index is 0.332. The van der Waals surface area contributed by atoms with Crippen LogP contribution in [0.25, 0.3) is 0 Å². The second-order valence-electron chi connectivity index (χ2n) is 7.75. The largest absolute Gasteiger partial charge is 0.416 e. The van der Waals surface area contributed by atoms with Crippen LogP contribution in [0.15, 0.2) is 85.1 Å². The van der Waals surface area contributed by atoms with E-state index in [-0.39, 0.29) is 6.04 Å². The first kappa shape index (κ1) is 24.5. The summed E-state index contributed by atoms with van der Waals surface area (Å²) in [6.07, 6.45) is -3.52. The SMILES string of the molecule is C=C(NC)[C@H](N[C@H](CCc1ccc(C(F)(F)F)cc1)c1ccc(F)c(F)c1)c1ccccc1. The van der Waals surface area contributed by atoms with E-state index in [0.717, 1.165) is 29.8 Å². The number of likely N-dealkylation sites (N-methyl/N-ethyl adjacent to an activating group) is 1. The lowest BCUT2D eigenvalue weighted by molar-refractivity contribution is -0.137. The molecular formula is C26H25F5N2. The first-order valence-electron chi connectivity index (χ1n) is 10.5. The average Bonchev–Trinajstić information content (AvgIpc) is 2.81. The van der Waals surface area contributed by atoms with Crippen LogP contribution in [0.4, 0.5) is 22.0 Å². The zero-order chi connectivity index (χ0) is 24.0. The van der Waals surface area contributed by atoms with Crippen molar-refractivity contribution < 1.29 is 22.0 Å². The highest BCUT2D eigenvalue weighted by molar-refractivity contribution is 5.29. The number of benzene rings is 3. The van der Waals surface area contributed by atoms with E-state index < -0.39 is 29.4 Å². The first-order valence-corrected chi connectivity index (χ1v) is 10.5. The fourth-order valence-corrected chi connectivity index (χ4v) is 3.64. The fourth-order valence-electron chi connectivity index (χ4n) is 3.64. The molecular weight excluding hydrogens is 435 g/mol. The minimum Gasteiger partial charge on any atom is -0.390 e. The quantitative estimate of drug-likeness (QED) is 0.346. The van der Waals surface area contributed by atoms with Crippen LogP contribution in [0.1, 0.15) is 40.8 Å². The summed E-state index contributed by atoms with van der Waals surface area (Å²) in [4.78, 5) is 0. The van der Waals surface area contributed by atoms with Gasteiger partial charge in [0.05, 0.1) is 11.6 Å². The van der Waals surface area contributed by atoms with Gasteiger partial charge < -0.3 is 5.32 Å². The first-order chi connectivity index (χ1) is 15.7. The van der Waals surface area contributed by atoms with Crippen LogP contribution < -0.4 is 10.6 Å². The van der Waals surface area contributed by atoms with Gasteiger partial charge >= 0.3 is 6.18 Å². The Balaban J connectivity index is 1.87. The average molecular weight is 460 g/mol. The molecule has 0 aliphatic rings. The lowest BCUT2D eigenvalue weighted by Crippen LogP contribution is -2.31. The highest BCUT2D eigenvalue weighted by Crippen LogP contribution is 2.31. The zero-order valence-corrected chi connectivity index (χ0v) is 18.1. The molecule has 2 nitrogen and oxygen atoms in total. The molecule has 3 rings (SSSR count). The molecule has 33 heavy (non-hydrogen) atoms. The van der Waals surface area contributed by atoms with Gasteiger partial charge in [0.15, 0.2) is 11.6 Å². The Morgan fingerprint density at radius 3 is 2.12 bits per heavy atom. The van der Waals surface area contributed by atoms with Crippen molar-refractivity contribution in [3.63, 3.8) is 0 Å². The monoisotopic (exact) mass is 460 g/mol. The number of aryl methyl sites for hydroxylation is 1. The van der Waals surface area contributed by atoms with Gasteiger partial charge in [-0.2, -0.15) is 13.2 Å². The van der Waals surface area contributed by atoms with E-state index in [9.17, 15) is 22.0 Å². The Hall–Kier alpha value is -3.19. The maximum absolute atomic E-state index is 14.0. The van der Waals surface area contributed by atoms with Crippen molar-refractivity contribution in [2.75, 3.05) is 7.05 Å². The summed E-state index contributed by atoms with van der Waals surface area (Å²) in [5.74, 6) is -1.91. The van der Waals surface area contributed by atoms with Gasteiger partial charge in [-0.25, -0.2) is 8.78 Å². The van der Waals surface area contributed by atoms with Crippen LogP contribution in [0.5, 0.6) is 0 Å². The van der Waals surface area contributed by atoms with E-state index in [0.29, 0.717) is 29.7 Å². The number of hydrogen-bond donors (Lipinski definition) is 2. The number of rotatable bonds is 9. The Morgan fingerprint density at radius 2 is 1.55 bits per heavy atom. The van der Waals surface area contributed by atoms with Gasteiger partial charge in [0, 0.05) is 18.8 Å². The normalized spacial score (nSPS) is 13.4. The third kappa shape index (κ3) is 6.42. The molecule has 0 saturated carbocycles. The van der Waals surface area contributed by atoms with Crippen molar-refractivity contribution >= 4 is 0 Å². The molecule has 0 radical (unpaired) electrons. The summed E-state index contributed by atoms with van der Waals surface area (Å²) in [5, 5.41) is 6.50. The van der Waals surface area contributed by atoms with Crippen LogP contribution in [0.3, 0.4) is 0 Å². The summed E-state index contributed by atoms with van der Waals surface area (Å²) in [5.41, 5.74) is 2.14. The molecule has 0 saturated heterocycles. The van der Waals surface area contributed by atoms with Crippen molar-refractivity contribution in [2.24, 2.45) is 0 Å². The van der Waals surface area contributed by atoms with Crippen LogP contribution in [-0.2, 0) is 12.6 Å². The molecule has 0 unspecified atom stereocenters. The predicted molar refractivity (Wildman–Crippen MR) is 119 cm³/mol. The van der Waals surface area contributed by atoms with Crippen LogP contribution in [-0.4, -0.2) is 7.05 Å². The second-order valence-corrected chi connectivity index (χ2v) is 7.75. The number of alkyl halides is 3. The van der Waals surface area contributed by atoms with Crippen molar-refractivity contribution in [1.29, 1.82) is 0 Å². The Kier molecular flexibility index (Phi) is 7.87. The Bertz CT molecular complexity index is 1060. The van der Waals surface area contributed by atoms with Crippen molar-refractivity contribution in [3.8, 4) is 0 Å². The maximum atomic E-state index is 14.0. The van der Waals surface area contributed by atoms with E-state index in [4.69, 9.17) is 0 Å². The van der Waals surface area contributed by atoms with Crippen molar-refractivity contribution in [3.05, 3.63) is 119 Å². The van der Waals surface area contributed by atoms with Gasteiger partial charge in [-0.15, -0.1) is 0 Å². The van der Waals surface area contributed by atoms with Crippen molar-refractivity contribution in [1.82, 2.24) is 10.6 Å². The van der Waals surface area contributed by atoms with Gasteiger partial charge in [-0.05, 0) is 53.8 Å². The van der Waals surface area contributed by atoms with Gasteiger partial charge in [-0.1, -0.05) is 55.1 Å². The molecule has 0 heterocycles. The highest BCUT2D eigenvalue weighted by Gasteiger charge is 2.30. The molecule has 2 N–H and O–H groups in total. The summed E-state index contributed by atoms with van der Waals surface area (Å²) in [6, 6.07) is 17.5. The van der Waals surface area contributed by atoms with Crippen molar-refractivity contribution in [2.45, 2.75) is 31.1 Å². The molecule has 0 aromatic heterocycles. The van der Waals surface area contributed by atoms with E-state index in [1.54, 1.807) is 7.05 Å². The molecule has 0 fully saturated rings. The lowest BCUT2D eigenvalue weighted by Gasteiger charge is -2.28. The molecule has 3 aromatic carbocycles. The summed E-state index contributed by atoms with van der Waals surface area (Å²) in [6.45, 7) is 4.07. The van der Waals surface area contributed by atoms with Gasteiger partial charge in [0.1, 0.15) is 0 Å². The molecule has 0 bridgehead atoms. The summed E-state index contributed by atoms with van der Waals surface area (Å²) < 4.78 is 66.1. The molecule has 0 aliphatic carbocycles. The zero-order valence-electron chi connectivity index (χ0n) is 18.1. The summed E-state index contributed by atoms with van der Waals surface area (Å²) in [7, 11) is 1.74. The van der Waals surface area contributed by atoms with Gasteiger partial charge in [0.25, 0.3) is 0 Å². The van der Waals surface area contributed by atoms with Gasteiger partial charge in [0.2, 0.25) is 0 Å². The highest BCUT2D eigenvalue weighted by atomic mass is 19.4. The number of hydrogen-bond acceptors (Lipinski definition) is 2. The molecule has 0 amide bonds. The summed E-state index contributed by atoms with van der Waals surface area (Å²) >= 11 is 0. The minimum atomic E-state index is -4.40. The maximum Gasteiger partial charge on any atom is 0.416 e. The van der Waals surface area contributed by atoms with E-state index in [2.05, 4.69) is 17.2 Å². The number of halogens is 5. The fraction of sp³-hybridized carbons (Fsp3) is 0.231. The smallest absolute Gasteiger partial charge is 0.390 e. The van der Waals surface area contributed by atoms with E-state index in [1.165, 1.54) is 18.2 Å². The lowest BCUT2D eigenvalue weighted by atomic mass is 9.95. The molecule has 174 valence electrons. The standard InChI is InChI=1S/C26H25F5N2/c1-17(32-2)25(19-6-4-3-5-7-19)33-24(20-11-14-22(27)23(28)16-20)15-10-18-8-12-21(13-9-18)26(29,30)31/h3-9,11-14,16,24-25,32-33H,1,10,15H2,2H3/t24-,25+/m1/s1. The van der Waals surface area contributed by atoms with Gasteiger partial charge in [-0.3, -0.25) is 5.32 Å². The molecule has 0 aliphatic heterocycles. The number of nitrogens with one attached hydrogen (secondary N) is 2. The topological polar surface area (TPSA) is 24.1 Å². The van der Waals surface area contributed by atoms with Crippen LogP contribution >= 0.6 is 0 Å². The predicted octanol–water partition coefficient (Wildman–Crippen LogP) is 6.72. The Morgan fingerprint density at radius 1 is 0.879 bits per heavy atom. The third-order valence-electron chi connectivity index (χ3n) is 5.52. The van der Waals surface area contributed by atoms with Crippen LogP contribution in [0, 0.1) is 11.6 Å². The third-order valence-corrected chi connectivity index (χ3v) is 5.52. The van der Waals surface area contributed by atoms with E-state index >= 15 is 0 Å². The molecule has 2 atom stereocenters. The second kappa shape index (κ2) is 10.6. The molecule has 7 heteroatoms. The molecule has 0 spiro atoms. The Labute approximate surface area is 190 Å². The van der Waals surface area contributed by atoms with Crippen LogP contribution in [0.2, 0.25) is 0 Å².